The van der Waals surface area contributed by atoms with E-state index in [0.29, 0.717) is 0 Å². The predicted molar refractivity (Wildman–Crippen MR) is 68.7 cm³/mol. The monoisotopic (exact) mass is 283 g/mol. The lowest BCUT2D eigenvalue weighted by molar-refractivity contribution is -0.152. The van der Waals surface area contributed by atoms with E-state index in [0.717, 1.165) is 0 Å². The highest BCUT2D eigenvalue weighted by Crippen LogP contribution is 2.29. The van der Waals surface area contributed by atoms with E-state index in [-0.39, 0.29) is 31.2 Å². The van der Waals surface area contributed by atoms with Crippen molar-refractivity contribution < 1.29 is 19.4 Å². The third-order valence-electron chi connectivity index (χ3n) is 3.09. The Morgan fingerprint density at radius 3 is 3.05 bits per heavy atom. The van der Waals surface area contributed by atoms with Crippen LogP contribution in [0.1, 0.15) is 26.0 Å². The van der Waals surface area contributed by atoms with E-state index in [1.54, 1.807) is 6.92 Å². The normalized spacial score (nSPS) is 25.6. The molecule has 8 nitrogen and oxygen atoms in total. The highest BCUT2D eigenvalue weighted by atomic mass is 16.6. The molecule has 1 saturated heterocycles. The number of esters is 1. The second-order valence-electron chi connectivity index (χ2n) is 4.47. The molecule has 0 radical (unpaired) electrons. The Kier molecular flexibility index (Phi) is 4.35. The molecule has 110 valence electrons. The molecule has 3 N–H and O–H groups in total. The molecule has 0 aliphatic carbocycles. The molecule has 2 rings (SSSR count). The van der Waals surface area contributed by atoms with Crippen molar-refractivity contribution in [1.82, 2.24) is 9.55 Å². The fourth-order valence-electron chi connectivity index (χ4n) is 2.06. The average Bonchev–Trinajstić information content (AvgIpc) is 2.81. The van der Waals surface area contributed by atoms with Crippen LogP contribution in [0.2, 0.25) is 0 Å². The van der Waals surface area contributed by atoms with Crippen molar-refractivity contribution in [2.45, 2.75) is 38.2 Å². The number of hydrogen-bond acceptors (Lipinski definition) is 7. The standard InChI is InChI=1S/C12H17N3O5/c1-2-11(17)20-7-5-10(19-8(7)6-16)15-4-3-9(13)14-12(15)18/h3-4,7-8,10,16H,2,5-6H2,1H3,(H2,13,14,18)/t7-,8+,10+/m0/s1. The maximum Gasteiger partial charge on any atom is 0.351 e. The predicted octanol–water partition coefficient (Wildman–Crippen LogP) is -0.573. The molecule has 0 aromatic carbocycles. The van der Waals surface area contributed by atoms with Crippen LogP contribution < -0.4 is 11.4 Å². The number of aliphatic hydroxyl groups excluding tert-OH is 1. The van der Waals surface area contributed by atoms with Crippen molar-refractivity contribution in [2.24, 2.45) is 0 Å². The van der Waals surface area contributed by atoms with Gasteiger partial charge in [0.15, 0.2) is 0 Å². The summed E-state index contributed by atoms with van der Waals surface area (Å²) in [6.07, 6.45) is 0.114. The van der Waals surface area contributed by atoms with Crippen LogP contribution in [-0.4, -0.2) is 39.4 Å². The van der Waals surface area contributed by atoms with Gasteiger partial charge in [-0.1, -0.05) is 6.92 Å². The summed E-state index contributed by atoms with van der Waals surface area (Å²) in [5.74, 6) is -0.252. The zero-order valence-corrected chi connectivity index (χ0v) is 11.1. The SMILES string of the molecule is CCC(=O)O[C@H]1C[C@H](n2ccc(N)nc2=O)O[C@@H]1CO. The third kappa shape index (κ3) is 2.97. The number of nitrogens with zero attached hydrogens (tertiary/aromatic N) is 2. The first-order valence-electron chi connectivity index (χ1n) is 6.35. The average molecular weight is 283 g/mol. The molecule has 1 aromatic heterocycles. The van der Waals surface area contributed by atoms with Gasteiger partial charge in [0.25, 0.3) is 0 Å². The minimum absolute atomic E-state index is 0.122. The number of nitrogens with two attached hydrogens (primary N) is 1. The third-order valence-corrected chi connectivity index (χ3v) is 3.09. The Bertz CT molecular complexity index is 544. The smallest absolute Gasteiger partial charge is 0.351 e. The molecule has 8 heteroatoms. The van der Waals surface area contributed by atoms with Gasteiger partial charge in [-0.25, -0.2) is 4.79 Å². The Balaban J connectivity index is 2.15. The summed E-state index contributed by atoms with van der Waals surface area (Å²) >= 11 is 0. The van der Waals surface area contributed by atoms with Gasteiger partial charge in [-0.2, -0.15) is 4.98 Å². The van der Waals surface area contributed by atoms with Crippen molar-refractivity contribution in [3.8, 4) is 0 Å². The Morgan fingerprint density at radius 2 is 2.45 bits per heavy atom. The number of anilines is 1. The molecule has 0 amide bonds. The largest absolute Gasteiger partial charge is 0.459 e. The number of aromatic nitrogens is 2. The number of carbonyl (C=O) groups is 1. The fraction of sp³-hybridized carbons (Fsp3) is 0.583. The number of rotatable bonds is 4. The van der Waals surface area contributed by atoms with Gasteiger partial charge in [0.05, 0.1) is 6.61 Å². The van der Waals surface area contributed by atoms with Crippen molar-refractivity contribution >= 4 is 11.8 Å². The van der Waals surface area contributed by atoms with Gasteiger partial charge in [0.2, 0.25) is 0 Å². The van der Waals surface area contributed by atoms with Crippen molar-refractivity contribution in [2.75, 3.05) is 12.3 Å². The van der Waals surface area contributed by atoms with E-state index in [1.165, 1.54) is 16.8 Å². The van der Waals surface area contributed by atoms with Crippen LogP contribution in [0.25, 0.3) is 0 Å². The van der Waals surface area contributed by atoms with Crippen molar-refractivity contribution in [3.05, 3.63) is 22.7 Å². The van der Waals surface area contributed by atoms with E-state index < -0.39 is 24.1 Å². The van der Waals surface area contributed by atoms with Gasteiger partial charge in [-0.15, -0.1) is 0 Å². The minimum Gasteiger partial charge on any atom is -0.459 e. The lowest BCUT2D eigenvalue weighted by Gasteiger charge is -2.15. The van der Waals surface area contributed by atoms with Crippen molar-refractivity contribution in [1.29, 1.82) is 0 Å². The summed E-state index contributed by atoms with van der Waals surface area (Å²) in [6, 6.07) is 1.48. The lowest BCUT2D eigenvalue weighted by atomic mass is 10.2. The molecule has 2 heterocycles. The van der Waals surface area contributed by atoms with E-state index in [1.807, 2.05) is 0 Å². The fourth-order valence-corrected chi connectivity index (χ4v) is 2.06. The molecule has 0 unspecified atom stereocenters. The Labute approximate surface area is 115 Å². The molecular formula is C12H17N3O5. The Morgan fingerprint density at radius 1 is 1.70 bits per heavy atom. The van der Waals surface area contributed by atoms with Gasteiger partial charge in [-0.05, 0) is 6.07 Å². The summed E-state index contributed by atoms with van der Waals surface area (Å²) in [5.41, 5.74) is 4.87. The number of carbonyl (C=O) groups excluding carboxylic acids is 1. The lowest BCUT2D eigenvalue weighted by Crippen LogP contribution is -2.29. The molecule has 1 aliphatic rings. The molecule has 1 aliphatic heterocycles. The summed E-state index contributed by atoms with van der Waals surface area (Å²) in [4.78, 5) is 26.7. The zero-order chi connectivity index (χ0) is 14.7. The molecule has 0 spiro atoms. The first kappa shape index (κ1) is 14.5. The van der Waals surface area contributed by atoms with Crippen LogP contribution in [-0.2, 0) is 14.3 Å². The van der Waals surface area contributed by atoms with E-state index >= 15 is 0 Å². The highest BCUT2D eigenvalue weighted by molar-refractivity contribution is 5.69. The van der Waals surface area contributed by atoms with Gasteiger partial charge >= 0.3 is 11.7 Å². The first-order valence-corrected chi connectivity index (χ1v) is 6.35. The molecule has 1 aromatic rings. The highest BCUT2D eigenvalue weighted by Gasteiger charge is 2.38. The van der Waals surface area contributed by atoms with Gasteiger partial charge < -0.3 is 20.3 Å². The van der Waals surface area contributed by atoms with Gasteiger partial charge in [-0.3, -0.25) is 9.36 Å². The summed E-state index contributed by atoms with van der Waals surface area (Å²) in [5, 5.41) is 9.26. The summed E-state index contributed by atoms with van der Waals surface area (Å²) < 4.78 is 12.0. The summed E-state index contributed by atoms with van der Waals surface area (Å²) in [6.45, 7) is 1.38. The second kappa shape index (κ2) is 6.02. The van der Waals surface area contributed by atoms with Crippen molar-refractivity contribution in [3.63, 3.8) is 0 Å². The van der Waals surface area contributed by atoms with Gasteiger partial charge in [0, 0.05) is 19.0 Å². The van der Waals surface area contributed by atoms with Crippen LogP contribution in [0.3, 0.4) is 0 Å². The molecule has 20 heavy (non-hydrogen) atoms. The first-order chi connectivity index (χ1) is 9.55. The number of hydrogen-bond donors (Lipinski definition) is 2. The quantitative estimate of drug-likeness (QED) is 0.710. The van der Waals surface area contributed by atoms with Crippen LogP contribution in [0.15, 0.2) is 17.1 Å². The van der Waals surface area contributed by atoms with Crippen LogP contribution in [0.5, 0.6) is 0 Å². The molecule has 1 fully saturated rings. The molecule has 0 saturated carbocycles. The minimum atomic E-state index is -0.653. The maximum atomic E-state index is 11.7. The van der Waals surface area contributed by atoms with Crippen LogP contribution in [0.4, 0.5) is 5.82 Å². The molecule has 3 atom stereocenters. The van der Waals surface area contributed by atoms with E-state index in [9.17, 15) is 14.7 Å². The maximum absolute atomic E-state index is 11.7. The van der Waals surface area contributed by atoms with Gasteiger partial charge in [0.1, 0.15) is 24.3 Å². The molecular weight excluding hydrogens is 266 g/mol. The van der Waals surface area contributed by atoms with Crippen LogP contribution in [0, 0.1) is 0 Å². The topological polar surface area (TPSA) is 117 Å². The van der Waals surface area contributed by atoms with E-state index in [4.69, 9.17) is 15.2 Å². The molecule has 0 bridgehead atoms. The number of nitrogen functional groups attached to an aromatic ring is 1. The number of ether oxygens (including phenoxy) is 2. The summed E-state index contributed by atoms with van der Waals surface area (Å²) in [7, 11) is 0. The second-order valence-corrected chi connectivity index (χ2v) is 4.47. The zero-order valence-electron chi connectivity index (χ0n) is 11.1. The van der Waals surface area contributed by atoms with E-state index in [2.05, 4.69) is 4.98 Å². The number of aliphatic hydroxyl groups is 1. The van der Waals surface area contributed by atoms with Crippen LogP contribution >= 0.6 is 0 Å². The Hall–Kier alpha value is -1.93.